The maximum absolute atomic E-state index is 13.5. The van der Waals surface area contributed by atoms with Crippen molar-refractivity contribution in [2.75, 3.05) is 6.61 Å². The van der Waals surface area contributed by atoms with Crippen molar-refractivity contribution in [3.63, 3.8) is 0 Å². The molecule has 2 aromatic rings. The van der Waals surface area contributed by atoms with Gasteiger partial charge in [-0.25, -0.2) is 4.98 Å². The van der Waals surface area contributed by atoms with Crippen molar-refractivity contribution < 1.29 is 9.90 Å². The lowest BCUT2D eigenvalue weighted by Gasteiger charge is -2.31. The van der Waals surface area contributed by atoms with Crippen LogP contribution in [0.15, 0.2) is 34.6 Å². The molecule has 2 aliphatic heterocycles. The van der Waals surface area contributed by atoms with Crippen molar-refractivity contribution in [1.29, 1.82) is 0 Å². The Balaban J connectivity index is 1.53. The fourth-order valence-corrected chi connectivity index (χ4v) is 6.58. The molecule has 1 aliphatic carbocycles. The lowest BCUT2D eigenvalue weighted by molar-refractivity contribution is -0.128. The number of allylic oxidation sites excluding steroid dienone is 1. The molecule has 1 saturated carbocycles. The molecule has 2 fully saturated rings. The third-order valence-electron chi connectivity index (χ3n) is 7.34. The first-order valence-electron chi connectivity index (χ1n) is 11.5. The highest BCUT2D eigenvalue weighted by Gasteiger charge is 2.55. The summed E-state index contributed by atoms with van der Waals surface area (Å²) in [4.78, 5) is 33.2. The number of likely N-dealkylation sites (tertiary alicyclic amines) is 1. The fraction of sp³-hybridized carbons (Fsp3) is 0.542. The number of rotatable bonds is 6. The van der Waals surface area contributed by atoms with Gasteiger partial charge >= 0.3 is 0 Å². The molecule has 3 aliphatic rings. The molecule has 7 nitrogen and oxygen atoms in total. The summed E-state index contributed by atoms with van der Waals surface area (Å²) in [6.45, 7) is 2.87. The van der Waals surface area contributed by atoms with Crippen LogP contribution in [0.4, 0.5) is 0 Å². The summed E-state index contributed by atoms with van der Waals surface area (Å²) < 4.78 is 1.84. The van der Waals surface area contributed by atoms with E-state index in [-0.39, 0.29) is 42.0 Å². The number of nitrogens with one attached hydrogen (secondary N) is 1. The zero-order valence-corrected chi connectivity index (χ0v) is 19.1. The molecular weight excluding hydrogens is 424 g/mol. The molecule has 8 heteroatoms. The minimum atomic E-state index is -0.432. The Kier molecular flexibility index (Phi) is 6.01. The van der Waals surface area contributed by atoms with Crippen molar-refractivity contribution in [2.24, 2.45) is 11.8 Å². The highest BCUT2D eigenvalue weighted by atomic mass is 32.1. The lowest BCUT2D eigenvalue weighted by Crippen LogP contribution is -2.50. The van der Waals surface area contributed by atoms with E-state index >= 15 is 0 Å². The normalized spacial score (nSPS) is 27.8. The van der Waals surface area contributed by atoms with Gasteiger partial charge in [0, 0.05) is 53.9 Å². The molecule has 4 atom stereocenters. The van der Waals surface area contributed by atoms with Crippen LogP contribution in [0.5, 0.6) is 0 Å². The Bertz CT molecular complexity index is 1060. The zero-order valence-electron chi connectivity index (χ0n) is 18.3. The van der Waals surface area contributed by atoms with E-state index in [1.807, 2.05) is 41.2 Å². The molecule has 0 aromatic carbocycles. The van der Waals surface area contributed by atoms with Gasteiger partial charge in [0.05, 0.1) is 18.6 Å². The summed E-state index contributed by atoms with van der Waals surface area (Å²) in [6.07, 6.45) is 9.82. The van der Waals surface area contributed by atoms with Gasteiger partial charge in [0.2, 0.25) is 5.91 Å². The van der Waals surface area contributed by atoms with Crippen LogP contribution in [-0.4, -0.2) is 44.2 Å². The first kappa shape index (κ1) is 21.6. The van der Waals surface area contributed by atoms with Crippen LogP contribution in [0.3, 0.4) is 0 Å². The average molecular weight is 455 g/mol. The Labute approximate surface area is 191 Å². The fourth-order valence-electron chi connectivity index (χ4n) is 5.95. The number of aromatic nitrogens is 2. The number of thiazole rings is 1. The van der Waals surface area contributed by atoms with Crippen LogP contribution in [0.2, 0.25) is 0 Å². The highest BCUT2D eigenvalue weighted by Crippen LogP contribution is 2.49. The average Bonchev–Trinajstić information content (AvgIpc) is 3.56. The topological polar surface area (TPSA) is 87.5 Å². The van der Waals surface area contributed by atoms with Crippen molar-refractivity contribution >= 4 is 23.3 Å². The van der Waals surface area contributed by atoms with Gasteiger partial charge < -0.3 is 15.0 Å². The van der Waals surface area contributed by atoms with Crippen LogP contribution in [0, 0.1) is 11.8 Å². The van der Waals surface area contributed by atoms with E-state index in [4.69, 9.17) is 0 Å². The molecule has 0 radical (unpaired) electrons. The van der Waals surface area contributed by atoms with E-state index in [2.05, 4.69) is 15.2 Å². The molecule has 0 spiro atoms. The Morgan fingerprint density at radius 2 is 2.16 bits per heavy atom. The SMILES string of the molecule is C/C=C\c1ccc2n(c1=O)C[C@@H]1[C@@H](CO)[C@H](C(=O)NC3CCCC3)N(Cc3nccs3)[C@H]21. The Morgan fingerprint density at radius 3 is 2.84 bits per heavy atom. The molecule has 0 bridgehead atoms. The summed E-state index contributed by atoms with van der Waals surface area (Å²) in [6, 6.07) is 3.59. The standard InChI is InChI=1S/C24H30N4O3S/c1-2-5-15-8-9-19-21-17(12-27(19)24(15)31)18(14-29)22(23(30)26-16-6-3-4-7-16)28(21)13-20-25-10-11-32-20/h2,5,8-11,16-18,21-22,29H,3-4,6-7,12-14H2,1H3,(H,26,30)/b5-2-/t17-,18-,21+,22-/m1/s1. The Hall–Kier alpha value is -2.29. The van der Waals surface area contributed by atoms with Gasteiger partial charge in [-0.3, -0.25) is 14.5 Å². The third-order valence-corrected chi connectivity index (χ3v) is 8.10. The van der Waals surface area contributed by atoms with Crippen molar-refractivity contribution in [1.82, 2.24) is 19.8 Å². The van der Waals surface area contributed by atoms with Crippen molar-refractivity contribution in [3.05, 3.63) is 56.4 Å². The molecule has 0 unspecified atom stereocenters. The third kappa shape index (κ3) is 3.64. The van der Waals surface area contributed by atoms with Gasteiger partial charge in [0.1, 0.15) is 5.01 Å². The molecule has 2 N–H and O–H groups in total. The largest absolute Gasteiger partial charge is 0.396 e. The van der Waals surface area contributed by atoms with Gasteiger partial charge in [-0.2, -0.15) is 0 Å². The summed E-state index contributed by atoms with van der Waals surface area (Å²) in [7, 11) is 0. The van der Waals surface area contributed by atoms with Crippen molar-refractivity contribution in [2.45, 2.75) is 63.8 Å². The number of aliphatic hydroxyl groups excluding tert-OH is 1. The quantitative estimate of drug-likeness (QED) is 0.701. The van der Waals surface area contributed by atoms with Crippen molar-refractivity contribution in [3.8, 4) is 0 Å². The maximum Gasteiger partial charge on any atom is 0.258 e. The van der Waals surface area contributed by atoms with E-state index in [0.29, 0.717) is 18.7 Å². The molecule has 1 saturated heterocycles. The predicted octanol–water partition coefficient (Wildman–Crippen LogP) is 2.56. The molecular formula is C24H30N4O3S. The molecule has 1 amide bonds. The van der Waals surface area contributed by atoms with Gasteiger partial charge in [-0.15, -0.1) is 11.3 Å². The summed E-state index contributed by atoms with van der Waals surface area (Å²) in [5.41, 5.74) is 1.59. The summed E-state index contributed by atoms with van der Waals surface area (Å²) in [5.74, 6) is -0.222. The number of fused-ring (bicyclic) bond motifs is 3. The van der Waals surface area contributed by atoms with Gasteiger partial charge in [-0.1, -0.05) is 25.0 Å². The second-order valence-electron chi connectivity index (χ2n) is 9.12. The Morgan fingerprint density at radius 1 is 1.34 bits per heavy atom. The highest BCUT2D eigenvalue weighted by molar-refractivity contribution is 7.09. The summed E-state index contributed by atoms with van der Waals surface area (Å²) >= 11 is 1.57. The monoisotopic (exact) mass is 454 g/mol. The number of amides is 1. The van der Waals surface area contributed by atoms with E-state index in [0.717, 1.165) is 36.4 Å². The first-order chi connectivity index (χ1) is 15.6. The van der Waals surface area contributed by atoms with Crippen LogP contribution >= 0.6 is 11.3 Å². The number of hydrogen-bond acceptors (Lipinski definition) is 6. The number of carbonyl (C=O) groups excluding carboxylic acids is 1. The van der Waals surface area contributed by atoms with Crippen LogP contribution in [-0.2, 0) is 17.9 Å². The predicted molar refractivity (Wildman–Crippen MR) is 124 cm³/mol. The number of pyridine rings is 1. The number of nitrogens with zero attached hydrogens (tertiary/aromatic N) is 3. The van der Waals surface area contributed by atoms with E-state index < -0.39 is 6.04 Å². The summed E-state index contributed by atoms with van der Waals surface area (Å²) in [5, 5.41) is 16.5. The molecule has 2 aromatic heterocycles. The van der Waals surface area contributed by atoms with E-state index in [1.54, 1.807) is 17.5 Å². The van der Waals surface area contributed by atoms with Crippen LogP contribution in [0.25, 0.3) is 6.08 Å². The van der Waals surface area contributed by atoms with Crippen LogP contribution < -0.4 is 10.9 Å². The molecule has 4 heterocycles. The smallest absolute Gasteiger partial charge is 0.258 e. The molecule has 32 heavy (non-hydrogen) atoms. The lowest BCUT2D eigenvalue weighted by atomic mass is 9.88. The molecule has 5 rings (SSSR count). The first-order valence-corrected chi connectivity index (χ1v) is 12.4. The van der Waals surface area contributed by atoms with Gasteiger partial charge in [0.15, 0.2) is 0 Å². The van der Waals surface area contributed by atoms with E-state index in [1.165, 1.54) is 0 Å². The zero-order chi connectivity index (χ0) is 22.2. The van der Waals surface area contributed by atoms with Gasteiger partial charge in [0.25, 0.3) is 5.56 Å². The van der Waals surface area contributed by atoms with Crippen LogP contribution in [0.1, 0.15) is 54.9 Å². The maximum atomic E-state index is 13.5. The second kappa shape index (κ2) is 8.92. The van der Waals surface area contributed by atoms with E-state index in [9.17, 15) is 14.7 Å². The minimum Gasteiger partial charge on any atom is -0.396 e. The molecule has 170 valence electrons. The number of aliphatic hydroxyl groups is 1. The number of hydrogen-bond donors (Lipinski definition) is 2. The van der Waals surface area contributed by atoms with Gasteiger partial charge in [-0.05, 0) is 31.9 Å². The number of carbonyl (C=O) groups is 1. The minimum absolute atomic E-state index is 0.00124. The second-order valence-corrected chi connectivity index (χ2v) is 10.1.